The fourth-order valence-corrected chi connectivity index (χ4v) is 4.08. The van der Waals surface area contributed by atoms with Gasteiger partial charge in [-0.1, -0.05) is 0 Å². The van der Waals surface area contributed by atoms with Gasteiger partial charge in [0, 0.05) is 42.1 Å². The Hall–Kier alpha value is -4.42. The van der Waals surface area contributed by atoms with Crippen molar-refractivity contribution in [3.63, 3.8) is 0 Å². The molecule has 0 fully saturated rings. The number of carbonyl (C=O) groups is 1. The van der Waals surface area contributed by atoms with Crippen molar-refractivity contribution >= 4 is 39.8 Å². The van der Waals surface area contributed by atoms with Crippen LogP contribution in [0.1, 0.15) is 5.56 Å². The maximum Gasteiger partial charge on any atom is 0.405 e. The van der Waals surface area contributed by atoms with Gasteiger partial charge in [-0.05, 0) is 42.5 Å². The van der Waals surface area contributed by atoms with Gasteiger partial charge in [0.1, 0.15) is 18.1 Å². The van der Waals surface area contributed by atoms with Gasteiger partial charge in [0.2, 0.25) is 0 Å². The Morgan fingerprint density at radius 2 is 1.81 bits per heavy atom. The Morgan fingerprint density at radius 3 is 2.51 bits per heavy atom. The SMILES string of the molecule is Cn1cc2cc(N3Cc4cnc(NCC(F)(F)F)cc4N(c4ccc(OC(F)F)cc4)C3=O)ccc2n1. The summed E-state index contributed by atoms with van der Waals surface area (Å²) in [6.07, 6.45) is -1.26. The number of aryl methyl sites for hydroxylation is 1. The lowest BCUT2D eigenvalue weighted by atomic mass is 10.1. The topological polar surface area (TPSA) is 75.5 Å². The van der Waals surface area contributed by atoms with E-state index in [9.17, 15) is 26.7 Å². The van der Waals surface area contributed by atoms with Crippen LogP contribution >= 0.6 is 0 Å². The van der Waals surface area contributed by atoms with Gasteiger partial charge in [-0.3, -0.25) is 14.5 Å². The van der Waals surface area contributed by atoms with Crippen molar-refractivity contribution in [3.05, 3.63) is 66.5 Å². The van der Waals surface area contributed by atoms with E-state index in [1.165, 1.54) is 46.3 Å². The molecule has 2 aromatic heterocycles. The molecule has 2 amide bonds. The zero-order valence-corrected chi connectivity index (χ0v) is 19.2. The summed E-state index contributed by atoms with van der Waals surface area (Å²) in [5.41, 5.74) is 2.48. The number of pyridine rings is 1. The van der Waals surface area contributed by atoms with Crippen LogP contribution in [0.15, 0.2) is 60.9 Å². The second kappa shape index (κ2) is 9.22. The number of nitrogens with zero attached hydrogens (tertiary/aromatic N) is 5. The van der Waals surface area contributed by atoms with Gasteiger partial charge in [0.25, 0.3) is 0 Å². The highest BCUT2D eigenvalue weighted by Crippen LogP contribution is 2.39. The molecule has 0 spiro atoms. The Kier molecular flexibility index (Phi) is 6.05. The predicted molar refractivity (Wildman–Crippen MR) is 126 cm³/mol. The van der Waals surface area contributed by atoms with Crippen LogP contribution in [0, 0.1) is 0 Å². The van der Waals surface area contributed by atoms with Crippen LogP contribution in [-0.2, 0) is 13.6 Å². The lowest BCUT2D eigenvalue weighted by molar-refractivity contribution is -0.115. The number of benzene rings is 2. The number of anilines is 4. The molecule has 0 bridgehead atoms. The number of urea groups is 1. The number of ether oxygens (including phenoxy) is 1. The van der Waals surface area contributed by atoms with Gasteiger partial charge < -0.3 is 10.1 Å². The van der Waals surface area contributed by atoms with E-state index in [1.54, 1.807) is 36.1 Å². The average molecular weight is 518 g/mol. The van der Waals surface area contributed by atoms with Crippen LogP contribution in [0.25, 0.3) is 10.9 Å². The number of carbonyl (C=O) groups excluding carboxylic acids is 1. The van der Waals surface area contributed by atoms with Gasteiger partial charge in [0.15, 0.2) is 0 Å². The van der Waals surface area contributed by atoms with Crippen LogP contribution in [-0.4, -0.2) is 40.1 Å². The number of alkyl halides is 5. The Morgan fingerprint density at radius 1 is 1.08 bits per heavy atom. The fourth-order valence-electron chi connectivity index (χ4n) is 4.08. The summed E-state index contributed by atoms with van der Waals surface area (Å²) in [6, 6.07) is 11.6. The van der Waals surface area contributed by atoms with Crippen molar-refractivity contribution in [1.29, 1.82) is 0 Å². The molecule has 0 saturated heterocycles. The molecule has 13 heteroatoms. The van der Waals surface area contributed by atoms with Crippen LogP contribution in [0.2, 0.25) is 0 Å². The molecule has 5 rings (SSSR count). The predicted octanol–water partition coefficient (Wildman–Crippen LogP) is 5.82. The molecule has 0 radical (unpaired) electrons. The third-order valence-corrected chi connectivity index (χ3v) is 5.66. The first-order chi connectivity index (χ1) is 17.6. The Balaban J connectivity index is 1.56. The molecule has 1 aliphatic heterocycles. The van der Waals surface area contributed by atoms with Gasteiger partial charge in [-0.2, -0.15) is 27.1 Å². The lowest BCUT2D eigenvalue weighted by Gasteiger charge is -2.37. The maximum absolute atomic E-state index is 13.8. The van der Waals surface area contributed by atoms with E-state index >= 15 is 0 Å². The quantitative estimate of drug-likeness (QED) is 0.326. The summed E-state index contributed by atoms with van der Waals surface area (Å²) in [7, 11) is 1.78. The van der Waals surface area contributed by atoms with Crippen molar-refractivity contribution in [2.24, 2.45) is 7.05 Å². The molecule has 0 unspecified atom stereocenters. The highest BCUT2D eigenvalue weighted by Gasteiger charge is 2.34. The highest BCUT2D eigenvalue weighted by molar-refractivity contribution is 6.11. The Bertz CT molecular complexity index is 1450. The van der Waals surface area contributed by atoms with Crippen molar-refractivity contribution in [1.82, 2.24) is 14.8 Å². The second-order valence-corrected chi connectivity index (χ2v) is 8.29. The van der Waals surface area contributed by atoms with E-state index in [2.05, 4.69) is 20.1 Å². The molecule has 0 saturated carbocycles. The van der Waals surface area contributed by atoms with E-state index in [0.29, 0.717) is 22.6 Å². The van der Waals surface area contributed by atoms with Crippen molar-refractivity contribution < 1.29 is 31.5 Å². The minimum atomic E-state index is -4.46. The molecule has 8 nitrogen and oxygen atoms in total. The number of nitrogens with one attached hydrogen (secondary N) is 1. The van der Waals surface area contributed by atoms with Crippen LogP contribution < -0.4 is 19.9 Å². The van der Waals surface area contributed by atoms with E-state index in [-0.39, 0.29) is 18.1 Å². The molecular formula is C24H19F5N6O2. The summed E-state index contributed by atoms with van der Waals surface area (Å²) in [4.78, 5) is 20.6. The standard InChI is InChI=1S/C24H19F5N6O2/c1-33-11-14-8-17(4-7-19(14)32-33)34-12-15-10-30-21(31-13-24(27,28)29)9-20(15)35(23(34)36)16-2-5-18(6-3-16)37-22(25)26/h2-11,22H,12-13H2,1H3,(H,30,31). The summed E-state index contributed by atoms with van der Waals surface area (Å²) in [6.45, 7) is -4.21. The number of halogens is 5. The zero-order valence-electron chi connectivity index (χ0n) is 19.2. The fraction of sp³-hybridized carbons (Fsp3) is 0.208. The first kappa shape index (κ1) is 24.3. The van der Waals surface area contributed by atoms with Crippen molar-refractivity contribution in [3.8, 4) is 5.75 Å². The van der Waals surface area contributed by atoms with Crippen LogP contribution in [0.5, 0.6) is 5.75 Å². The first-order valence-corrected chi connectivity index (χ1v) is 11.0. The number of hydrogen-bond acceptors (Lipinski definition) is 5. The Labute approximate surface area is 206 Å². The molecule has 1 N–H and O–H groups in total. The van der Waals surface area contributed by atoms with Crippen LogP contribution in [0.3, 0.4) is 0 Å². The molecule has 192 valence electrons. The number of fused-ring (bicyclic) bond motifs is 2. The summed E-state index contributed by atoms with van der Waals surface area (Å²) in [5.74, 6) is -0.179. The second-order valence-electron chi connectivity index (χ2n) is 8.29. The van der Waals surface area contributed by atoms with Crippen molar-refractivity contribution in [2.75, 3.05) is 21.7 Å². The summed E-state index contributed by atoms with van der Waals surface area (Å²) in [5, 5.41) is 7.36. The minimum Gasteiger partial charge on any atom is -0.435 e. The number of aromatic nitrogens is 3. The third kappa shape index (κ3) is 5.10. The summed E-state index contributed by atoms with van der Waals surface area (Å²) < 4.78 is 69.4. The van der Waals surface area contributed by atoms with Crippen molar-refractivity contribution in [2.45, 2.75) is 19.3 Å². The smallest absolute Gasteiger partial charge is 0.405 e. The van der Waals surface area contributed by atoms with Gasteiger partial charge in [-0.25, -0.2) is 9.78 Å². The average Bonchev–Trinajstić information content (AvgIpc) is 3.21. The largest absolute Gasteiger partial charge is 0.435 e. The van der Waals surface area contributed by atoms with Gasteiger partial charge in [0.05, 0.1) is 23.4 Å². The molecule has 1 aliphatic rings. The first-order valence-electron chi connectivity index (χ1n) is 11.0. The van der Waals surface area contributed by atoms with E-state index in [4.69, 9.17) is 0 Å². The number of hydrogen-bond donors (Lipinski definition) is 1. The molecule has 0 aliphatic carbocycles. The highest BCUT2D eigenvalue weighted by atomic mass is 19.4. The maximum atomic E-state index is 13.8. The van der Waals surface area contributed by atoms with E-state index in [0.717, 1.165) is 10.9 Å². The van der Waals surface area contributed by atoms with Gasteiger partial charge >= 0.3 is 18.8 Å². The number of amides is 2. The van der Waals surface area contributed by atoms with Crippen LogP contribution in [0.4, 0.5) is 49.6 Å². The molecule has 3 heterocycles. The van der Waals surface area contributed by atoms with E-state index in [1.807, 2.05) is 0 Å². The summed E-state index contributed by atoms with van der Waals surface area (Å²) >= 11 is 0. The molecule has 2 aromatic carbocycles. The lowest BCUT2D eigenvalue weighted by Crippen LogP contribution is -2.45. The van der Waals surface area contributed by atoms with Gasteiger partial charge in [-0.15, -0.1) is 0 Å². The third-order valence-electron chi connectivity index (χ3n) is 5.66. The monoisotopic (exact) mass is 518 g/mol. The zero-order chi connectivity index (χ0) is 26.3. The molecule has 37 heavy (non-hydrogen) atoms. The molecular weight excluding hydrogens is 499 g/mol. The molecule has 4 aromatic rings. The minimum absolute atomic E-state index is 0.0724. The molecule has 0 atom stereocenters. The normalized spacial score (nSPS) is 13.9. The number of rotatable bonds is 6. The van der Waals surface area contributed by atoms with E-state index < -0.39 is 25.4 Å².